The highest BCUT2D eigenvalue weighted by molar-refractivity contribution is 5.67. The van der Waals surface area contributed by atoms with Gasteiger partial charge in [0, 0.05) is 19.1 Å². The highest BCUT2D eigenvalue weighted by Crippen LogP contribution is 2.26. The van der Waals surface area contributed by atoms with Crippen LogP contribution in [0.1, 0.15) is 26.7 Å². The summed E-state index contributed by atoms with van der Waals surface area (Å²) < 4.78 is 10.7. The lowest BCUT2D eigenvalue weighted by Crippen LogP contribution is -2.42. The number of aromatic nitrogens is 3. The van der Waals surface area contributed by atoms with Crippen LogP contribution >= 0.6 is 0 Å². The van der Waals surface area contributed by atoms with Gasteiger partial charge in [-0.3, -0.25) is 0 Å². The van der Waals surface area contributed by atoms with E-state index in [-0.39, 0.29) is 12.1 Å². The predicted octanol–water partition coefficient (Wildman–Crippen LogP) is 3.05. The van der Waals surface area contributed by atoms with Crippen molar-refractivity contribution in [1.29, 1.82) is 0 Å². The number of anilines is 3. The van der Waals surface area contributed by atoms with E-state index in [2.05, 4.69) is 25.8 Å². The fourth-order valence-electron chi connectivity index (χ4n) is 3.03. The molecule has 3 rings (SSSR count). The summed E-state index contributed by atoms with van der Waals surface area (Å²) in [7, 11) is 0. The van der Waals surface area contributed by atoms with Crippen LogP contribution in [0.4, 0.5) is 22.2 Å². The molecule has 1 amide bonds. The van der Waals surface area contributed by atoms with Crippen molar-refractivity contribution < 1.29 is 14.3 Å². The summed E-state index contributed by atoms with van der Waals surface area (Å²) in [5.41, 5.74) is 0.783. The number of rotatable bonds is 7. The van der Waals surface area contributed by atoms with E-state index in [9.17, 15) is 4.79 Å². The molecule has 28 heavy (non-hydrogen) atoms. The monoisotopic (exact) mass is 386 g/mol. The van der Waals surface area contributed by atoms with E-state index in [0.29, 0.717) is 38.1 Å². The predicted molar refractivity (Wildman–Crippen MR) is 106 cm³/mol. The number of ether oxygens (including phenoxy) is 2. The van der Waals surface area contributed by atoms with Gasteiger partial charge in [-0.1, -0.05) is 12.1 Å². The summed E-state index contributed by atoms with van der Waals surface area (Å²) in [6.07, 6.45) is 2.98. The molecule has 0 radical (unpaired) electrons. The molecule has 1 aliphatic rings. The van der Waals surface area contributed by atoms with Crippen molar-refractivity contribution in [2.75, 3.05) is 36.9 Å². The van der Waals surface area contributed by atoms with Crippen molar-refractivity contribution in [3.05, 3.63) is 30.5 Å². The third-order valence-corrected chi connectivity index (χ3v) is 4.37. The van der Waals surface area contributed by atoms with E-state index in [0.717, 1.165) is 24.3 Å². The molecule has 0 bridgehead atoms. The molecule has 0 spiro atoms. The van der Waals surface area contributed by atoms with Crippen molar-refractivity contribution in [1.82, 2.24) is 20.1 Å². The van der Waals surface area contributed by atoms with Gasteiger partial charge < -0.3 is 25.0 Å². The zero-order chi connectivity index (χ0) is 19.8. The maximum Gasteiger partial charge on any atom is 0.409 e. The maximum absolute atomic E-state index is 11.8. The minimum Gasteiger partial charge on any atom is -0.492 e. The quantitative estimate of drug-likeness (QED) is 0.749. The Morgan fingerprint density at radius 1 is 1.21 bits per heavy atom. The first-order valence-corrected chi connectivity index (χ1v) is 9.56. The molecule has 0 aliphatic carbocycles. The number of para-hydroxylation sites is 2. The van der Waals surface area contributed by atoms with Crippen molar-refractivity contribution in [2.24, 2.45) is 0 Å². The number of carbonyl (C=O) groups excluding carboxylic acids is 1. The van der Waals surface area contributed by atoms with Gasteiger partial charge in [0.05, 0.1) is 25.1 Å². The van der Waals surface area contributed by atoms with Gasteiger partial charge in [0.1, 0.15) is 5.75 Å². The minimum atomic E-state index is -0.246. The lowest BCUT2D eigenvalue weighted by Gasteiger charge is -2.31. The van der Waals surface area contributed by atoms with E-state index >= 15 is 0 Å². The molecule has 1 aromatic carbocycles. The van der Waals surface area contributed by atoms with Gasteiger partial charge in [0.15, 0.2) is 5.82 Å². The van der Waals surface area contributed by atoms with E-state index in [1.807, 2.05) is 38.1 Å². The average Bonchev–Trinajstić information content (AvgIpc) is 2.71. The third-order valence-electron chi connectivity index (χ3n) is 4.37. The highest BCUT2D eigenvalue weighted by Gasteiger charge is 2.23. The van der Waals surface area contributed by atoms with Gasteiger partial charge >= 0.3 is 6.09 Å². The van der Waals surface area contributed by atoms with Crippen molar-refractivity contribution in [2.45, 2.75) is 32.7 Å². The van der Waals surface area contributed by atoms with E-state index in [4.69, 9.17) is 9.47 Å². The number of amides is 1. The largest absolute Gasteiger partial charge is 0.492 e. The normalized spacial score (nSPS) is 14.4. The Hall–Kier alpha value is -3.10. The molecule has 2 N–H and O–H groups in total. The van der Waals surface area contributed by atoms with Crippen LogP contribution in [0.3, 0.4) is 0 Å². The number of hydrogen-bond donors (Lipinski definition) is 2. The van der Waals surface area contributed by atoms with Gasteiger partial charge in [-0.2, -0.15) is 10.1 Å². The van der Waals surface area contributed by atoms with E-state index in [1.54, 1.807) is 11.1 Å². The summed E-state index contributed by atoms with van der Waals surface area (Å²) in [6, 6.07) is 7.83. The van der Waals surface area contributed by atoms with Crippen molar-refractivity contribution in [3.8, 4) is 5.75 Å². The molecule has 2 heterocycles. The highest BCUT2D eigenvalue weighted by atomic mass is 16.6. The first kappa shape index (κ1) is 19.7. The molecular formula is C19H26N6O3. The van der Waals surface area contributed by atoms with Gasteiger partial charge in [-0.25, -0.2) is 4.79 Å². The molecule has 2 aromatic rings. The molecule has 150 valence electrons. The topological polar surface area (TPSA) is 102 Å². The number of hydrogen-bond acceptors (Lipinski definition) is 8. The lowest BCUT2D eigenvalue weighted by molar-refractivity contribution is 0.0983. The number of piperidine rings is 1. The summed E-state index contributed by atoms with van der Waals surface area (Å²) in [6.45, 7) is 6.03. The summed E-state index contributed by atoms with van der Waals surface area (Å²) in [5, 5.41) is 14.6. The molecule has 1 aromatic heterocycles. The zero-order valence-corrected chi connectivity index (χ0v) is 16.2. The van der Waals surface area contributed by atoms with Crippen molar-refractivity contribution in [3.63, 3.8) is 0 Å². The second-order valence-electron chi connectivity index (χ2n) is 6.32. The summed E-state index contributed by atoms with van der Waals surface area (Å²) in [5.74, 6) is 1.76. The molecule has 1 saturated heterocycles. The number of benzene rings is 1. The standard InChI is InChI=1S/C19H26N6O3/c1-3-27-16-8-6-5-7-15(16)22-18-23-17(13-20-24-18)21-14-9-11-25(12-10-14)19(26)28-4-2/h5-8,13-14H,3-4,9-12H2,1-2H3,(H2,21,22,23,24). The van der Waals surface area contributed by atoms with Crippen LogP contribution in [0, 0.1) is 0 Å². The SMILES string of the molecule is CCOC(=O)N1CCC(Nc2cnnc(Nc3ccccc3OCC)n2)CC1. The number of nitrogens with zero attached hydrogens (tertiary/aromatic N) is 4. The van der Waals surface area contributed by atoms with Gasteiger partial charge in [0.2, 0.25) is 5.95 Å². The first-order valence-electron chi connectivity index (χ1n) is 9.56. The van der Waals surface area contributed by atoms with Gasteiger partial charge in [-0.15, -0.1) is 5.10 Å². The molecule has 1 aliphatic heterocycles. The average molecular weight is 386 g/mol. The smallest absolute Gasteiger partial charge is 0.409 e. The lowest BCUT2D eigenvalue weighted by atomic mass is 10.1. The Morgan fingerprint density at radius 3 is 2.75 bits per heavy atom. The van der Waals surface area contributed by atoms with Crippen LogP contribution in [0.25, 0.3) is 0 Å². The van der Waals surface area contributed by atoms with Crippen LogP contribution in [-0.2, 0) is 4.74 Å². The third kappa shape index (κ3) is 5.21. The first-order chi connectivity index (χ1) is 13.7. The maximum atomic E-state index is 11.8. The second-order valence-corrected chi connectivity index (χ2v) is 6.32. The minimum absolute atomic E-state index is 0.214. The fourth-order valence-corrected chi connectivity index (χ4v) is 3.03. The molecule has 0 atom stereocenters. The van der Waals surface area contributed by atoms with Gasteiger partial charge in [0.25, 0.3) is 0 Å². The summed E-state index contributed by atoms with van der Waals surface area (Å²) in [4.78, 5) is 18.0. The Morgan fingerprint density at radius 2 is 2.00 bits per heavy atom. The molecular weight excluding hydrogens is 360 g/mol. The molecule has 9 nitrogen and oxygen atoms in total. The molecule has 9 heteroatoms. The fraction of sp³-hybridized carbons (Fsp3) is 0.474. The Kier molecular flexibility index (Phi) is 6.83. The number of carbonyl (C=O) groups is 1. The van der Waals surface area contributed by atoms with Crippen LogP contribution < -0.4 is 15.4 Å². The number of nitrogens with one attached hydrogen (secondary N) is 2. The Balaban J connectivity index is 1.58. The van der Waals surface area contributed by atoms with E-state index in [1.165, 1.54) is 0 Å². The van der Waals surface area contributed by atoms with Crippen molar-refractivity contribution >= 4 is 23.5 Å². The Labute approximate surface area is 164 Å². The van der Waals surface area contributed by atoms with Crippen LogP contribution in [0.15, 0.2) is 30.5 Å². The van der Waals surface area contributed by atoms with E-state index < -0.39 is 0 Å². The molecule has 0 saturated carbocycles. The summed E-state index contributed by atoms with van der Waals surface area (Å²) >= 11 is 0. The molecule has 0 unspecified atom stereocenters. The van der Waals surface area contributed by atoms with Gasteiger partial charge in [-0.05, 0) is 38.8 Å². The van der Waals surface area contributed by atoms with Crippen LogP contribution in [0.2, 0.25) is 0 Å². The zero-order valence-electron chi connectivity index (χ0n) is 16.2. The van der Waals surface area contributed by atoms with Crippen LogP contribution in [0.5, 0.6) is 5.75 Å². The number of likely N-dealkylation sites (tertiary alicyclic amines) is 1. The van der Waals surface area contributed by atoms with Crippen LogP contribution in [-0.4, -0.2) is 58.5 Å². The second kappa shape index (κ2) is 9.72. The Bertz CT molecular complexity index is 780. The molecule has 1 fully saturated rings.